The fourth-order valence-corrected chi connectivity index (χ4v) is 2.58. The van der Waals surface area contributed by atoms with Gasteiger partial charge < -0.3 is 15.7 Å². The quantitative estimate of drug-likeness (QED) is 0.795. The molecule has 1 aliphatic rings. The SMILES string of the molecule is O=C(NCc1ccc(Br)cc1)NC[C@H]1CC[C@@H](O)C1. The Morgan fingerprint density at radius 3 is 2.63 bits per heavy atom. The van der Waals surface area contributed by atoms with E-state index in [4.69, 9.17) is 0 Å². The summed E-state index contributed by atoms with van der Waals surface area (Å²) >= 11 is 3.37. The predicted octanol–water partition coefficient (Wildman–Crippen LogP) is 2.41. The normalized spacial score (nSPS) is 22.2. The molecule has 0 saturated heterocycles. The van der Waals surface area contributed by atoms with Crippen molar-refractivity contribution in [2.45, 2.75) is 31.9 Å². The van der Waals surface area contributed by atoms with Crippen molar-refractivity contribution >= 4 is 22.0 Å². The molecule has 19 heavy (non-hydrogen) atoms. The fraction of sp³-hybridized carbons (Fsp3) is 0.500. The highest BCUT2D eigenvalue weighted by atomic mass is 79.9. The summed E-state index contributed by atoms with van der Waals surface area (Å²) in [4.78, 5) is 11.6. The van der Waals surface area contributed by atoms with E-state index < -0.39 is 0 Å². The lowest BCUT2D eigenvalue weighted by Gasteiger charge is -2.12. The van der Waals surface area contributed by atoms with Gasteiger partial charge >= 0.3 is 6.03 Å². The maximum absolute atomic E-state index is 11.6. The number of carbonyl (C=O) groups is 1. The summed E-state index contributed by atoms with van der Waals surface area (Å²) in [6.45, 7) is 1.16. The van der Waals surface area contributed by atoms with Crippen LogP contribution in [0, 0.1) is 5.92 Å². The molecule has 0 aromatic heterocycles. The van der Waals surface area contributed by atoms with Crippen LogP contribution in [0.4, 0.5) is 4.79 Å². The molecule has 0 aliphatic heterocycles. The molecule has 1 fully saturated rings. The van der Waals surface area contributed by atoms with Crippen LogP contribution in [0.5, 0.6) is 0 Å². The third-order valence-corrected chi connectivity index (χ3v) is 3.96. The highest BCUT2D eigenvalue weighted by molar-refractivity contribution is 9.10. The molecule has 1 aliphatic carbocycles. The number of aliphatic hydroxyl groups is 1. The van der Waals surface area contributed by atoms with Gasteiger partial charge in [-0.15, -0.1) is 0 Å². The molecule has 1 saturated carbocycles. The number of nitrogens with one attached hydrogen (secondary N) is 2. The first kappa shape index (κ1) is 14.3. The van der Waals surface area contributed by atoms with Gasteiger partial charge in [0.2, 0.25) is 0 Å². The molecule has 5 heteroatoms. The first-order chi connectivity index (χ1) is 9.13. The molecule has 1 aromatic rings. The van der Waals surface area contributed by atoms with Gasteiger partial charge in [0.15, 0.2) is 0 Å². The lowest BCUT2D eigenvalue weighted by atomic mass is 10.1. The van der Waals surface area contributed by atoms with Crippen molar-refractivity contribution in [1.29, 1.82) is 0 Å². The zero-order valence-corrected chi connectivity index (χ0v) is 12.3. The number of aliphatic hydroxyl groups excluding tert-OH is 1. The summed E-state index contributed by atoms with van der Waals surface area (Å²) in [5.74, 6) is 0.411. The van der Waals surface area contributed by atoms with E-state index in [1.54, 1.807) is 0 Å². The van der Waals surface area contributed by atoms with E-state index >= 15 is 0 Å². The Balaban J connectivity index is 1.65. The summed E-state index contributed by atoms with van der Waals surface area (Å²) in [7, 11) is 0. The van der Waals surface area contributed by atoms with Gasteiger partial charge in [0.1, 0.15) is 0 Å². The highest BCUT2D eigenvalue weighted by Crippen LogP contribution is 2.24. The van der Waals surface area contributed by atoms with Crippen molar-refractivity contribution in [2.24, 2.45) is 5.92 Å². The second-order valence-corrected chi connectivity index (χ2v) is 5.94. The van der Waals surface area contributed by atoms with E-state index in [0.717, 1.165) is 29.3 Å². The van der Waals surface area contributed by atoms with Crippen molar-refractivity contribution in [3.8, 4) is 0 Å². The Morgan fingerprint density at radius 1 is 1.26 bits per heavy atom. The molecule has 2 amide bonds. The lowest BCUT2D eigenvalue weighted by Crippen LogP contribution is -2.37. The summed E-state index contributed by atoms with van der Waals surface area (Å²) in [6.07, 6.45) is 2.46. The van der Waals surface area contributed by atoms with Crippen LogP contribution in [0.15, 0.2) is 28.7 Å². The van der Waals surface area contributed by atoms with Crippen molar-refractivity contribution in [1.82, 2.24) is 10.6 Å². The number of carbonyl (C=O) groups excluding carboxylic acids is 1. The highest BCUT2D eigenvalue weighted by Gasteiger charge is 2.22. The first-order valence-electron chi connectivity index (χ1n) is 6.57. The molecule has 2 rings (SSSR count). The minimum absolute atomic E-state index is 0.149. The van der Waals surface area contributed by atoms with E-state index in [-0.39, 0.29) is 12.1 Å². The van der Waals surface area contributed by atoms with Gasteiger partial charge in [0, 0.05) is 17.6 Å². The van der Waals surface area contributed by atoms with Crippen LogP contribution in [0.25, 0.3) is 0 Å². The van der Waals surface area contributed by atoms with Crippen molar-refractivity contribution < 1.29 is 9.90 Å². The number of benzene rings is 1. The monoisotopic (exact) mass is 326 g/mol. The standard InChI is InChI=1S/C14H19BrN2O2/c15-12-4-1-10(2-5-12)8-16-14(19)17-9-11-3-6-13(18)7-11/h1-2,4-5,11,13,18H,3,6-9H2,(H2,16,17,19)/t11-,13+/m0/s1. The molecule has 1 aromatic carbocycles. The molecule has 0 unspecified atom stereocenters. The molecule has 4 nitrogen and oxygen atoms in total. The van der Waals surface area contributed by atoms with E-state index in [1.165, 1.54) is 0 Å². The zero-order valence-electron chi connectivity index (χ0n) is 10.7. The second-order valence-electron chi connectivity index (χ2n) is 5.02. The van der Waals surface area contributed by atoms with Crippen LogP contribution in [0.1, 0.15) is 24.8 Å². The number of urea groups is 1. The van der Waals surface area contributed by atoms with Crippen LogP contribution in [-0.2, 0) is 6.54 Å². The van der Waals surface area contributed by atoms with E-state index in [9.17, 15) is 9.90 Å². The fourth-order valence-electron chi connectivity index (χ4n) is 2.32. The Morgan fingerprint density at radius 2 is 2.00 bits per heavy atom. The summed E-state index contributed by atoms with van der Waals surface area (Å²) in [6, 6.07) is 7.70. The van der Waals surface area contributed by atoms with Gasteiger partial charge in [-0.3, -0.25) is 0 Å². The smallest absolute Gasteiger partial charge is 0.315 e. The maximum Gasteiger partial charge on any atom is 0.315 e. The first-order valence-corrected chi connectivity index (χ1v) is 7.37. The van der Waals surface area contributed by atoms with Crippen LogP contribution >= 0.6 is 15.9 Å². The third kappa shape index (κ3) is 4.84. The van der Waals surface area contributed by atoms with Crippen molar-refractivity contribution in [3.05, 3.63) is 34.3 Å². The van der Waals surface area contributed by atoms with Crippen LogP contribution < -0.4 is 10.6 Å². The van der Waals surface area contributed by atoms with Crippen molar-refractivity contribution in [3.63, 3.8) is 0 Å². The number of hydrogen-bond donors (Lipinski definition) is 3. The number of amides is 2. The second kappa shape index (κ2) is 6.91. The average Bonchev–Trinajstić information content (AvgIpc) is 2.81. The van der Waals surface area contributed by atoms with Crippen LogP contribution in [0.2, 0.25) is 0 Å². The Bertz CT molecular complexity index is 422. The van der Waals surface area contributed by atoms with Gasteiger partial charge in [-0.1, -0.05) is 28.1 Å². The molecule has 0 heterocycles. The van der Waals surface area contributed by atoms with Crippen LogP contribution in [0.3, 0.4) is 0 Å². The van der Waals surface area contributed by atoms with Gasteiger partial charge in [-0.25, -0.2) is 4.79 Å². The van der Waals surface area contributed by atoms with Gasteiger partial charge in [-0.05, 0) is 42.9 Å². The number of halogens is 1. The lowest BCUT2D eigenvalue weighted by molar-refractivity contribution is 0.177. The zero-order chi connectivity index (χ0) is 13.7. The van der Waals surface area contributed by atoms with Gasteiger partial charge in [0.25, 0.3) is 0 Å². The van der Waals surface area contributed by atoms with Gasteiger partial charge in [-0.2, -0.15) is 0 Å². The number of rotatable bonds is 4. The summed E-state index contributed by atoms with van der Waals surface area (Å²) in [5.41, 5.74) is 1.06. The largest absolute Gasteiger partial charge is 0.393 e. The molecule has 2 atom stereocenters. The van der Waals surface area contributed by atoms with Crippen molar-refractivity contribution in [2.75, 3.05) is 6.54 Å². The van der Waals surface area contributed by atoms with Crippen LogP contribution in [-0.4, -0.2) is 23.8 Å². The maximum atomic E-state index is 11.6. The molecule has 0 radical (unpaired) electrons. The molecular formula is C14H19BrN2O2. The molecule has 3 N–H and O–H groups in total. The summed E-state index contributed by atoms with van der Waals surface area (Å²) in [5, 5.41) is 15.1. The number of hydrogen-bond acceptors (Lipinski definition) is 2. The van der Waals surface area contributed by atoms with E-state index in [2.05, 4.69) is 26.6 Å². The third-order valence-electron chi connectivity index (χ3n) is 3.43. The Kier molecular flexibility index (Phi) is 5.22. The molecular weight excluding hydrogens is 308 g/mol. The molecule has 0 bridgehead atoms. The Labute approximate surface area is 121 Å². The van der Waals surface area contributed by atoms with E-state index in [0.29, 0.717) is 19.0 Å². The summed E-state index contributed by atoms with van der Waals surface area (Å²) < 4.78 is 1.03. The minimum atomic E-state index is -0.183. The molecule has 104 valence electrons. The average molecular weight is 327 g/mol. The van der Waals surface area contributed by atoms with E-state index in [1.807, 2.05) is 24.3 Å². The predicted molar refractivity (Wildman–Crippen MR) is 77.7 cm³/mol. The Hall–Kier alpha value is -1.07. The topological polar surface area (TPSA) is 61.4 Å². The molecule has 0 spiro atoms. The minimum Gasteiger partial charge on any atom is -0.393 e. The van der Waals surface area contributed by atoms with Gasteiger partial charge in [0.05, 0.1) is 6.10 Å².